The Labute approximate surface area is 158 Å². The van der Waals surface area contributed by atoms with Crippen LogP contribution in [0.5, 0.6) is 0 Å². The van der Waals surface area contributed by atoms with E-state index in [-0.39, 0.29) is 6.03 Å². The Hall–Kier alpha value is -2.54. The molecule has 0 aliphatic heterocycles. The highest BCUT2D eigenvalue weighted by Crippen LogP contribution is 2.33. The molecule has 3 amide bonds. The largest absolute Gasteiger partial charge is 0.443 e. The number of amides is 3. The average Bonchev–Trinajstić information content (AvgIpc) is 3.06. The second-order valence-corrected chi connectivity index (χ2v) is 8.02. The SMILES string of the molecule is CN(C)C(=O)Nc1cc(-c2cccs2)ccc1N(C)C(=O)OC(C)(C)C. The quantitative estimate of drug-likeness (QED) is 0.832. The van der Waals surface area contributed by atoms with Crippen molar-refractivity contribution in [3.8, 4) is 10.4 Å². The van der Waals surface area contributed by atoms with Crippen molar-refractivity contribution in [2.75, 3.05) is 31.4 Å². The summed E-state index contributed by atoms with van der Waals surface area (Å²) in [5.74, 6) is 0. The van der Waals surface area contributed by atoms with Gasteiger partial charge in [-0.1, -0.05) is 12.1 Å². The molecule has 26 heavy (non-hydrogen) atoms. The van der Waals surface area contributed by atoms with Crippen molar-refractivity contribution in [3.05, 3.63) is 35.7 Å². The predicted octanol–water partition coefficient (Wildman–Crippen LogP) is 4.88. The van der Waals surface area contributed by atoms with Gasteiger partial charge in [0.25, 0.3) is 0 Å². The van der Waals surface area contributed by atoms with Gasteiger partial charge in [-0.15, -0.1) is 11.3 Å². The summed E-state index contributed by atoms with van der Waals surface area (Å²) in [5.41, 5.74) is 1.48. The number of hydrogen-bond acceptors (Lipinski definition) is 4. The van der Waals surface area contributed by atoms with Crippen LogP contribution in [0.2, 0.25) is 0 Å². The fraction of sp³-hybridized carbons (Fsp3) is 0.368. The Morgan fingerprint density at radius 1 is 1.12 bits per heavy atom. The van der Waals surface area contributed by atoms with Crippen LogP contribution >= 0.6 is 11.3 Å². The number of carbonyl (C=O) groups is 2. The van der Waals surface area contributed by atoms with Gasteiger partial charge in [-0.2, -0.15) is 0 Å². The fourth-order valence-electron chi connectivity index (χ4n) is 2.18. The molecule has 2 aromatic rings. The van der Waals surface area contributed by atoms with E-state index in [0.29, 0.717) is 11.4 Å². The molecule has 0 spiro atoms. The highest BCUT2D eigenvalue weighted by atomic mass is 32.1. The molecule has 0 atom stereocenters. The van der Waals surface area contributed by atoms with Gasteiger partial charge in [0.05, 0.1) is 11.4 Å². The summed E-state index contributed by atoms with van der Waals surface area (Å²) in [6.45, 7) is 5.44. The first kappa shape index (κ1) is 19.8. The first-order valence-electron chi connectivity index (χ1n) is 8.21. The molecule has 0 radical (unpaired) electrons. The van der Waals surface area contributed by atoms with Crippen molar-refractivity contribution in [1.82, 2.24) is 4.90 Å². The molecular formula is C19H25N3O3S. The summed E-state index contributed by atoms with van der Waals surface area (Å²) < 4.78 is 5.43. The lowest BCUT2D eigenvalue weighted by molar-refractivity contribution is 0.0589. The minimum Gasteiger partial charge on any atom is -0.443 e. The maximum absolute atomic E-state index is 12.4. The summed E-state index contributed by atoms with van der Waals surface area (Å²) in [6, 6.07) is 9.31. The second kappa shape index (κ2) is 7.78. The minimum absolute atomic E-state index is 0.271. The van der Waals surface area contributed by atoms with Gasteiger partial charge in [0, 0.05) is 26.0 Å². The molecular weight excluding hydrogens is 350 g/mol. The zero-order valence-corrected chi connectivity index (χ0v) is 16.8. The summed E-state index contributed by atoms with van der Waals surface area (Å²) in [7, 11) is 4.95. The summed E-state index contributed by atoms with van der Waals surface area (Å²) in [5, 5.41) is 4.85. The normalized spacial score (nSPS) is 11.0. The van der Waals surface area contributed by atoms with Gasteiger partial charge in [0.15, 0.2) is 0 Å². The Bertz CT molecular complexity index is 780. The molecule has 0 aliphatic carbocycles. The average molecular weight is 375 g/mol. The van der Waals surface area contributed by atoms with E-state index in [1.165, 1.54) is 9.80 Å². The van der Waals surface area contributed by atoms with E-state index in [9.17, 15) is 9.59 Å². The van der Waals surface area contributed by atoms with Crippen molar-refractivity contribution < 1.29 is 14.3 Å². The van der Waals surface area contributed by atoms with Crippen LogP contribution in [0.25, 0.3) is 10.4 Å². The first-order valence-corrected chi connectivity index (χ1v) is 9.09. The Kier molecular flexibility index (Phi) is 5.92. The molecule has 0 aliphatic rings. The van der Waals surface area contributed by atoms with Crippen LogP contribution in [0.1, 0.15) is 20.8 Å². The molecule has 1 aromatic carbocycles. The summed E-state index contributed by atoms with van der Waals surface area (Å²) in [4.78, 5) is 28.5. The molecule has 1 N–H and O–H groups in total. The number of benzene rings is 1. The summed E-state index contributed by atoms with van der Waals surface area (Å²) in [6.07, 6.45) is -0.485. The highest BCUT2D eigenvalue weighted by molar-refractivity contribution is 7.13. The molecule has 0 unspecified atom stereocenters. The van der Waals surface area contributed by atoms with Crippen LogP contribution in [-0.4, -0.2) is 43.8 Å². The Morgan fingerprint density at radius 3 is 2.35 bits per heavy atom. The molecule has 0 fully saturated rings. The van der Waals surface area contributed by atoms with Gasteiger partial charge < -0.3 is 15.0 Å². The number of rotatable bonds is 3. The lowest BCUT2D eigenvalue weighted by atomic mass is 10.1. The summed E-state index contributed by atoms with van der Waals surface area (Å²) >= 11 is 1.61. The standard InChI is InChI=1S/C19H25N3O3S/c1-19(2,3)25-18(24)22(6)15-10-9-13(16-8-7-11-26-16)12-14(15)20-17(23)21(4)5/h7-12H,1-6H3,(H,20,23). The van der Waals surface area contributed by atoms with Gasteiger partial charge in [0.1, 0.15) is 5.60 Å². The lowest BCUT2D eigenvalue weighted by Crippen LogP contribution is -2.35. The molecule has 140 valence electrons. The third-order valence-corrected chi connectivity index (χ3v) is 4.40. The van der Waals surface area contributed by atoms with Gasteiger partial charge in [-0.25, -0.2) is 9.59 Å². The predicted molar refractivity (Wildman–Crippen MR) is 107 cm³/mol. The zero-order valence-electron chi connectivity index (χ0n) is 16.0. The molecule has 2 rings (SSSR count). The smallest absolute Gasteiger partial charge is 0.414 e. The van der Waals surface area contributed by atoms with Crippen molar-refractivity contribution in [3.63, 3.8) is 0 Å². The third kappa shape index (κ3) is 4.98. The topological polar surface area (TPSA) is 61.9 Å². The molecule has 0 saturated heterocycles. The van der Waals surface area contributed by atoms with E-state index >= 15 is 0 Å². The molecule has 6 nitrogen and oxygen atoms in total. The van der Waals surface area contributed by atoms with Gasteiger partial charge in [-0.3, -0.25) is 4.90 Å². The van der Waals surface area contributed by atoms with Crippen molar-refractivity contribution in [2.45, 2.75) is 26.4 Å². The Balaban J connectivity index is 2.40. The number of nitrogens with zero attached hydrogens (tertiary/aromatic N) is 2. The van der Waals surface area contributed by atoms with Crippen LogP contribution in [-0.2, 0) is 4.74 Å². The van der Waals surface area contributed by atoms with Crippen molar-refractivity contribution in [1.29, 1.82) is 0 Å². The number of carbonyl (C=O) groups excluding carboxylic acids is 2. The van der Waals surface area contributed by atoms with Crippen LogP contribution in [0, 0.1) is 0 Å². The molecule has 0 bridgehead atoms. The molecule has 0 saturated carbocycles. The Morgan fingerprint density at radius 2 is 1.81 bits per heavy atom. The van der Waals surface area contributed by atoms with Crippen LogP contribution in [0.15, 0.2) is 35.7 Å². The highest BCUT2D eigenvalue weighted by Gasteiger charge is 2.23. The van der Waals surface area contributed by atoms with E-state index in [1.807, 2.05) is 56.5 Å². The monoisotopic (exact) mass is 375 g/mol. The number of thiophene rings is 1. The number of anilines is 2. The zero-order chi connectivity index (χ0) is 19.5. The van der Waals surface area contributed by atoms with Gasteiger partial charge in [0.2, 0.25) is 0 Å². The first-order chi connectivity index (χ1) is 12.1. The second-order valence-electron chi connectivity index (χ2n) is 7.07. The van der Waals surface area contributed by atoms with Crippen LogP contribution < -0.4 is 10.2 Å². The minimum atomic E-state index is -0.602. The van der Waals surface area contributed by atoms with Crippen molar-refractivity contribution in [2.24, 2.45) is 0 Å². The fourth-order valence-corrected chi connectivity index (χ4v) is 2.90. The van der Waals surface area contributed by atoms with Crippen LogP contribution in [0.3, 0.4) is 0 Å². The number of nitrogens with one attached hydrogen (secondary N) is 1. The van der Waals surface area contributed by atoms with E-state index in [2.05, 4.69) is 5.32 Å². The van der Waals surface area contributed by atoms with E-state index < -0.39 is 11.7 Å². The number of ether oxygens (including phenoxy) is 1. The van der Waals surface area contributed by atoms with Gasteiger partial charge in [-0.05, 0) is 49.9 Å². The van der Waals surface area contributed by atoms with Gasteiger partial charge >= 0.3 is 12.1 Å². The lowest BCUT2D eigenvalue weighted by Gasteiger charge is -2.26. The number of hydrogen-bond donors (Lipinski definition) is 1. The van der Waals surface area contributed by atoms with E-state index in [0.717, 1.165) is 10.4 Å². The molecule has 1 heterocycles. The van der Waals surface area contributed by atoms with E-state index in [1.54, 1.807) is 32.5 Å². The molecule has 7 heteroatoms. The van der Waals surface area contributed by atoms with Crippen molar-refractivity contribution >= 4 is 34.8 Å². The van der Waals surface area contributed by atoms with Crippen LogP contribution in [0.4, 0.5) is 21.0 Å². The maximum atomic E-state index is 12.4. The maximum Gasteiger partial charge on any atom is 0.414 e. The number of urea groups is 1. The van der Waals surface area contributed by atoms with E-state index in [4.69, 9.17) is 4.74 Å². The molecule has 1 aromatic heterocycles. The third-order valence-electron chi connectivity index (χ3n) is 3.48.